The molecule has 0 aromatic heterocycles. The Kier molecular flexibility index (Phi) is 3.29. The Bertz CT molecular complexity index is 421. The van der Waals surface area contributed by atoms with Gasteiger partial charge in [0.2, 0.25) is 0 Å². The van der Waals surface area contributed by atoms with Gasteiger partial charge < -0.3 is 10.1 Å². The second-order valence-corrected chi connectivity index (χ2v) is 5.99. The molecule has 0 saturated heterocycles. The van der Waals surface area contributed by atoms with E-state index in [1.807, 2.05) is 0 Å². The van der Waals surface area contributed by atoms with Crippen molar-refractivity contribution in [1.82, 2.24) is 5.32 Å². The monoisotopic (exact) mass is 245 g/mol. The fourth-order valence-corrected chi connectivity index (χ4v) is 3.24. The smallest absolute Gasteiger partial charge is 0.122 e. The Morgan fingerprint density at radius 2 is 2.11 bits per heavy atom. The van der Waals surface area contributed by atoms with Gasteiger partial charge in [-0.05, 0) is 49.9 Å². The molecule has 1 fully saturated rings. The summed E-state index contributed by atoms with van der Waals surface area (Å²) in [7, 11) is 0. The topological polar surface area (TPSA) is 21.3 Å². The fourth-order valence-electron chi connectivity index (χ4n) is 3.24. The van der Waals surface area contributed by atoms with Crippen molar-refractivity contribution in [3.63, 3.8) is 0 Å². The Balaban J connectivity index is 1.54. The first-order valence-corrected chi connectivity index (χ1v) is 7.25. The van der Waals surface area contributed by atoms with Crippen molar-refractivity contribution in [2.75, 3.05) is 13.2 Å². The van der Waals surface area contributed by atoms with Gasteiger partial charge in [0.05, 0.1) is 6.61 Å². The summed E-state index contributed by atoms with van der Waals surface area (Å²) in [5.74, 6) is 1.09. The summed E-state index contributed by atoms with van der Waals surface area (Å²) in [5, 5.41) is 3.74. The van der Waals surface area contributed by atoms with Gasteiger partial charge in [0.1, 0.15) is 5.75 Å². The minimum atomic E-state index is 0.403. The molecule has 2 heteroatoms. The first kappa shape index (κ1) is 12.0. The van der Waals surface area contributed by atoms with E-state index < -0.39 is 0 Å². The molecule has 1 saturated carbocycles. The van der Waals surface area contributed by atoms with Crippen LogP contribution in [0.1, 0.15) is 43.7 Å². The Morgan fingerprint density at radius 3 is 2.94 bits per heavy atom. The van der Waals surface area contributed by atoms with Crippen LogP contribution in [0.2, 0.25) is 0 Å². The van der Waals surface area contributed by atoms with Crippen molar-refractivity contribution in [2.24, 2.45) is 0 Å². The van der Waals surface area contributed by atoms with Crippen molar-refractivity contribution >= 4 is 0 Å². The van der Waals surface area contributed by atoms with Gasteiger partial charge in [0.25, 0.3) is 0 Å². The van der Waals surface area contributed by atoms with Gasteiger partial charge in [-0.2, -0.15) is 0 Å². The molecular weight excluding hydrogens is 222 g/mol. The normalized spacial score (nSPS) is 20.7. The van der Waals surface area contributed by atoms with E-state index in [1.165, 1.54) is 36.8 Å². The number of rotatable bonds is 4. The largest absolute Gasteiger partial charge is 0.493 e. The molecule has 0 amide bonds. The van der Waals surface area contributed by atoms with Crippen molar-refractivity contribution < 1.29 is 4.74 Å². The third-order valence-corrected chi connectivity index (χ3v) is 4.43. The van der Waals surface area contributed by atoms with Crippen LogP contribution in [0.15, 0.2) is 18.2 Å². The highest BCUT2D eigenvalue weighted by Gasteiger charge is 2.27. The maximum atomic E-state index is 5.54. The third-order valence-electron chi connectivity index (χ3n) is 4.43. The van der Waals surface area contributed by atoms with Crippen LogP contribution < -0.4 is 10.1 Å². The molecule has 0 bridgehead atoms. The van der Waals surface area contributed by atoms with Crippen LogP contribution in [0.3, 0.4) is 0 Å². The standard InChI is InChI=1S/C16H23NO/c1-16(8-2-3-9-16)17-10-6-13-4-5-15-14(12-13)7-11-18-15/h4-5,12,17H,2-3,6-11H2,1H3. The van der Waals surface area contributed by atoms with Crippen LogP contribution in [0.25, 0.3) is 0 Å². The van der Waals surface area contributed by atoms with Crippen LogP contribution in [-0.2, 0) is 12.8 Å². The van der Waals surface area contributed by atoms with Crippen molar-refractivity contribution in [2.45, 2.75) is 51.0 Å². The molecule has 1 aromatic carbocycles. The molecule has 0 atom stereocenters. The molecule has 98 valence electrons. The molecule has 18 heavy (non-hydrogen) atoms. The lowest BCUT2D eigenvalue weighted by Crippen LogP contribution is -2.40. The van der Waals surface area contributed by atoms with Crippen LogP contribution in [-0.4, -0.2) is 18.7 Å². The second-order valence-electron chi connectivity index (χ2n) is 5.99. The molecular formula is C16H23NO. The van der Waals surface area contributed by atoms with Gasteiger partial charge in [-0.25, -0.2) is 0 Å². The first-order valence-electron chi connectivity index (χ1n) is 7.25. The molecule has 2 aliphatic rings. The van der Waals surface area contributed by atoms with E-state index in [1.54, 1.807) is 0 Å². The summed E-state index contributed by atoms with van der Waals surface area (Å²) in [6.45, 7) is 4.32. The number of fused-ring (bicyclic) bond motifs is 1. The zero-order chi connectivity index (χ0) is 12.4. The summed E-state index contributed by atoms with van der Waals surface area (Å²) in [6.07, 6.45) is 7.66. The predicted octanol–water partition coefficient (Wildman–Crippen LogP) is 3.09. The first-order chi connectivity index (χ1) is 8.75. The summed E-state index contributed by atoms with van der Waals surface area (Å²) in [6, 6.07) is 6.67. The highest BCUT2D eigenvalue weighted by Crippen LogP contribution is 2.29. The lowest BCUT2D eigenvalue weighted by atomic mass is 10.00. The Labute approximate surface area is 110 Å². The summed E-state index contributed by atoms with van der Waals surface area (Å²) >= 11 is 0. The molecule has 1 aromatic rings. The van der Waals surface area contributed by atoms with Gasteiger partial charge in [0, 0.05) is 12.0 Å². The highest BCUT2D eigenvalue weighted by atomic mass is 16.5. The maximum Gasteiger partial charge on any atom is 0.122 e. The van der Waals surface area contributed by atoms with E-state index >= 15 is 0 Å². The number of ether oxygens (including phenoxy) is 1. The van der Waals surface area contributed by atoms with Gasteiger partial charge in [-0.1, -0.05) is 25.0 Å². The molecule has 1 aliphatic heterocycles. The van der Waals surface area contributed by atoms with E-state index in [0.717, 1.165) is 31.7 Å². The number of hydrogen-bond donors (Lipinski definition) is 1. The van der Waals surface area contributed by atoms with Crippen LogP contribution in [0.5, 0.6) is 5.75 Å². The van der Waals surface area contributed by atoms with Crippen molar-refractivity contribution in [3.8, 4) is 5.75 Å². The van der Waals surface area contributed by atoms with E-state index in [-0.39, 0.29) is 0 Å². The molecule has 1 N–H and O–H groups in total. The summed E-state index contributed by atoms with van der Waals surface area (Å²) in [4.78, 5) is 0. The molecule has 0 unspecified atom stereocenters. The van der Waals surface area contributed by atoms with E-state index in [4.69, 9.17) is 4.74 Å². The second kappa shape index (κ2) is 4.93. The van der Waals surface area contributed by atoms with Gasteiger partial charge in [-0.3, -0.25) is 0 Å². The zero-order valence-electron chi connectivity index (χ0n) is 11.3. The Morgan fingerprint density at radius 1 is 1.28 bits per heavy atom. The zero-order valence-corrected chi connectivity index (χ0v) is 11.3. The van der Waals surface area contributed by atoms with Crippen LogP contribution in [0.4, 0.5) is 0 Å². The molecule has 0 radical (unpaired) electrons. The molecule has 2 nitrogen and oxygen atoms in total. The highest BCUT2D eigenvalue weighted by molar-refractivity contribution is 5.39. The third kappa shape index (κ3) is 2.54. The van der Waals surface area contributed by atoms with E-state index in [2.05, 4.69) is 30.4 Å². The minimum absolute atomic E-state index is 0.403. The lowest BCUT2D eigenvalue weighted by molar-refractivity contribution is 0.356. The van der Waals surface area contributed by atoms with Crippen LogP contribution in [0, 0.1) is 0 Å². The minimum Gasteiger partial charge on any atom is -0.493 e. The fraction of sp³-hybridized carbons (Fsp3) is 0.625. The predicted molar refractivity (Wildman–Crippen MR) is 74.2 cm³/mol. The number of benzene rings is 1. The summed E-state index contributed by atoms with van der Waals surface area (Å²) in [5.41, 5.74) is 3.23. The molecule has 1 heterocycles. The SMILES string of the molecule is CC1(NCCc2ccc3c(c2)CCO3)CCCC1. The Hall–Kier alpha value is -1.02. The molecule has 1 aliphatic carbocycles. The molecule has 3 rings (SSSR count). The average molecular weight is 245 g/mol. The lowest BCUT2D eigenvalue weighted by Gasteiger charge is -2.25. The quantitative estimate of drug-likeness (QED) is 0.880. The summed E-state index contributed by atoms with van der Waals surface area (Å²) < 4.78 is 5.54. The number of nitrogens with one attached hydrogen (secondary N) is 1. The van der Waals surface area contributed by atoms with E-state index in [9.17, 15) is 0 Å². The van der Waals surface area contributed by atoms with Crippen molar-refractivity contribution in [1.29, 1.82) is 0 Å². The van der Waals surface area contributed by atoms with Crippen molar-refractivity contribution in [3.05, 3.63) is 29.3 Å². The van der Waals surface area contributed by atoms with Gasteiger partial charge in [0.15, 0.2) is 0 Å². The van der Waals surface area contributed by atoms with Gasteiger partial charge >= 0.3 is 0 Å². The molecule has 0 spiro atoms. The van der Waals surface area contributed by atoms with Gasteiger partial charge in [-0.15, -0.1) is 0 Å². The maximum absolute atomic E-state index is 5.54. The number of hydrogen-bond acceptors (Lipinski definition) is 2. The average Bonchev–Trinajstić information content (AvgIpc) is 2.97. The van der Waals surface area contributed by atoms with E-state index in [0.29, 0.717) is 5.54 Å². The van der Waals surface area contributed by atoms with Crippen LogP contribution >= 0.6 is 0 Å².